The lowest BCUT2D eigenvalue weighted by Gasteiger charge is -2.34. The second kappa shape index (κ2) is 9.91. The number of likely N-dealkylation sites (tertiary alicyclic amines) is 1. The number of nitro benzene ring substituents is 1. The molecule has 1 amide bonds. The van der Waals surface area contributed by atoms with E-state index in [0.717, 1.165) is 22.0 Å². The van der Waals surface area contributed by atoms with Crippen molar-refractivity contribution in [1.29, 1.82) is 5.26 Å². The summed E-state index contributed by atoms with van der Waals surface area (Å²) in [5.74, 6) is 0.678. The highest BCUT2D eigenvalue weighted by Crippen LogP contribution is 2.35. The summed E-state index contributed by atoms with van der Waals surface area (Å²) in [7, 11) is 0. The number of carbonyl (C=O) groups is 1. The van der Waals surface area contributed by atoms with Gasteiger partial charge in [0.2, 0.25) is 0 Å². The fourth-order valence-electron chi connectivity index (χ4n) is 5.13. The zero-order chi connectivity index (χ0) is 27.9. The van der Waals surface area contributed by atoms with E-state index in [4.69, 9.17) is 4.74 Å². The van der Waals surface area contributed by atoms with Crippen LogP contribution in [0.4, 0.5) is 16.2 Å². The Kier molecular flexibility index (Phi) is 6.60. The molecular formula is C29H30N6O4. The van der Waals surface area contributed by atoms with Gasteiger partial charge in [0.25, 0.3) is 5.69 Å². The maximum Gasteiger partial charge on any atom is 0.410 e. The number of anilines is 1. The molecule has 1 saturated heterocycles. The molecule has 0 saturated carbocycles. The molecule has 4 aromatic rings. The Hall–Kier alpha value is -4.65. The summed E-state index contributed by atoms with van der Waals surface area (Å²) in [5.41, 5.74) is 2.44. The van der Waals surface area contributed by atoms with E-state index in [2.05, 4.69) is 16.4 Å². The minimum atomic E-state index is -0.566. The molecule has 39 heavy (non-hydrogen) atoms. The summed E-state index contributed by atoms with van der Waals surface area (Å²) in [5, 5.41) is 26.7. The maximum absolute atomic E-state index is 12.4. The van der Waals surface area contributed by atoms with Gasteiger partial charge in [-0.05, 0) is 58.7 Å². The number of nitrogens with zero attached hydrogens (tertiary/aromatic N) is 5. The lowest BCUT2D eigenvalue weighted by molar-refractivity contribution is -0.383. The Morgan fingerprint density at radius 3 is 2.49 bits per heavy atom. The molecule has 10 nitrogen and oxygen atoms in total. The van der Waals surface area contributed by atoms with Crippen LogP contribution in [-0.2, 0) is 4.74 Å². The van der Waals surface area contributed by atoms with Gasteiger partial charge in [0.15, 0.2) is 0 Å². The summed E-state index contributed by atoms with van der Waals surface area (Å²) in [6.45, 7) is 8.36. The van der Waals surface area contributed by atoms with E-state index in [0.29, 0.717) is 48.5 Å². The van der Waals surface area contributed by atoms with Crippen LogP contribution in [0.2, 0.25) is 0 Å². The van der Waals surface area contributed by atoms with E-state index < -0.39 is 10.5 Å². The summed E-state index contributed by atoms with van der Waals surface area (Å²) in [6, 6.07) is 16.8. The third-order valence-electron chi connectivity index (χ3n) is 6.91. The Morgan fingerprint density at radius 2 is 1.85 bits per heavy atom. The SMILES string of the molecule is Cc1nc2cc([N+](=O)[O-])c(NC3CCN(C(=O)OC(C)(C)C)CC3)cc2n1-c1ccc(C#N)c2ccccc12. The average Bonchev–Trinajstić information content (AvgIpc) is 3.21. The Balaban J connectivity index is 1.50. The highest BCUT2D eigenvalue weighted by molar-refractivity contribution is 5.97. The third-order valence-corrected chi connectivity index (χ3v) is 6.91. The van der Waals surface area contributed by atoms with Crippen molar-refractivity contribution in [3.8, 4) is 11.8 Å². The van der Waals surface area contributed by atoms with E-state index in [9.17, 15) is 20.2 Å². The molecule has 0 radical (unpaired) electrons. The smallest absolute Gasteiger partial charge is 0.410 e. The van der Waals surface area contributed by atoms with Crippen LogP contribution in [0.25, 0.3) is 27.5 Å². The number of nitro groups is 1. The summed E-state index contributed by atoms with van der Waals surface area (Å²) >= 11 is 0. The molecule has 1 fully saturated rings. The molecule has 1 aliphatic rings. The topological polar surface area (TPSA) is 126 Å². The number of nitriles is 1. The summed E-state index contributed by atoms with van der Waals surface area (Å²) in [6.07, 6.45) is 0.919. The van der Waals surface area contributed by atoms with Gasteiger partial charge in [-0.3, -0.25) is 14.7 Å². The minimum Gasteiger partial charge on any atom is -0.444 e. The van der Waals surface area contributed by atoms with E-state index in [1.807, 2.05) is 62.6 Å². The number of hydrogen-bond donors (Lipinski definition) is 1. The highest BCUT2D eigenvalue weighted by atomic mass is 16.6. The van der Waals surface area contributed by atoms with Crippen molar-refractivity contribution < 1.29 is 14.5 Å². The monoisotopic (exact) mass is 526 g/mol. The zero-order valence-corrected chi connectivity index (χ0v) is 22.4. The van der Waals surface area contributed by atoms with Gasteiger partial charge in [-0.2, -0.15) is 5.26 Å². The second-order valence-corrected chi connectivity index (χ2v) is 10.8. The van der Waals surface area contributed by atoms with Crippen molar-refractivity contribution in [1.82, 2.24) is 14.5 Å². The lowest BCUT2D eigenvalue weighted by atomic mass is 10.0. The van der Waals surface area contributed by atoms with Gasteiger partial charge >= 0.3 is 6.09 Å². The Labute approximate surface area is 225 Å². The predicted molar refractivity (Wildman–Crippen MR) is 149 cm³/mol. The Morgan fingerprint density at radius 1 is 1.15 bits per heavy atom. The van der Waals surface area contributed by atoms with Crippen LogP contribution in [-0.4, -0.2) is 50.2 Å². The van der Waals surface area contributed by atoms with Crippen LogP contribution < -0.4 is 5.32 Å². The van der Waals surface area contributed by atoms with Gasteiger partial charge in [0, 0.05) is 36.0 Å². The number of amides is 1. The van der Waals surface area contributed by atoms with Crippen molar-refractivity contribution in [3.05, 3.63) is 70.0 Å². The van der Waals surface area contributed by atoms with Gasteiger partial charge in [0.1, 0.15) is 17.1 Å². The standard InChI is InChI=1S/C29H30N6O4/c1-18-31-23-16-27(35(37)38)24(32-20-11-13-33(14-12-20)28(36)39-29(2,3)4)15-26(23)34(18)25-10-9-19(17-30)21-7-5-6-8-22(21)25/h5-10,15-16,20,32H,11-14H2,1-4H3. The highest BCUT2D eigenvalue weighted by Gasteiger charge is 2.29. The van der Waals surface area contributed by atoms with Crippen LogP contribution in [0.1, 0.15) is 45.0 Å². The summed E-state index contributed by atoms with van der Waals surface area (Å²) in [4.78, 5) is 30.4. The van der Waals surface area contributed by atoms with Crippen LogP contribution in [0.5, 0.6) is 0 Å². The van der Waals surface area contributed by atoms with Crippen molar-refractivity contribution in [3.63, 3.8) is 0 Å². The predicted octanol–water partition coefficient (Wildman–Crippen LogP) is 6.08. The first-order valence-corrected chi connectivity index (χ1v) is 12.9. The van der Waals surface area contributed by atoms with E-state index in [1.54, 1.807) is 17.0 Å². The number of nitrogens with one attached hydrogen (secondary N) is 1. The largest absolute Gasteiger partial charge is 0.444 e. The third kappa shape index (κ3) is 5.08. The first-order valence-electron chi connectivity index (χ1n) is 12.9. The molecule has 1 N–H and O–H groups in total. The quantitative estimate of drug-likeness (QED) is 0.252. The molecule has 10 heteroatoms. The number of piperidine rings is 1. The second-order valence-electron chi connectivity index (χ2n) is 10.8. The van der Waals surface area contributed by atoms with Crippen molar-refractivity contribution in [2.75, 3.05) is 18.4 Å². The molecule has 200 valence electrons. The zero-order valence-electron chi connectivity index (χ0n) is 22.4. The van der Waals surface area contributed by atoms with Crippen molar-refractivity contribution in [2.45, 2.75) is 52.2 Å². The van der Waals surface area contributed by atoms with E-state index in [-0.39, 0.29) is 17.8 Å². The number of aromatic nitrogens is 2. The number of hydrogen-bond acceptors (Lipinski definition) is 7. The molecular weight excluding hydrogens is 496 g/mol. The fourth-order valence-corrected chi connectivity index (χ4v) is 5.13. The molecule has 0 spiro atoms. The first kappa shape index (κ1) is 26.0. The molecule has 5 rings (SSSR count). The van der Waals surface area contributed by atoms with Crippen LogP contribution >= 0.6 is 0 Å². The number of fused-ring (bicyclic) bond motifs is 2. The number of imidazole rings is 1. The number of rotatable bonds is 4. The Bertz CT molecular complexity index is 1640. The van der Waals surface area contributed by atoms with Crippen LogP contribution in [0, 0.1) is 28.4 Å². The van der Waals surface area contributed by atoms with Crippen molar-refractivity contribution in [2.24, 2.45) is 0 Å². The number of aryl methyl sites for hydroxylation is 1. The molecule has 2 heterocycles. The molecule has 1 aromatic heterocycles. The normalized spacial score (nSPS) is 14.4. The fraction of sp³-hybridized carbons (Fsp3) is 0.345. The van der Waals surface area contributed by atoms with Crippen LogP contribution in [0.15, 0.2) is 48.5 Å². The molecule has 1 aliphatic heterocycles. The minimum absolute atomic E-state index is 0.0481. The molecule has 0 unspecified atom stereocenters. The van der Waals surface area contributed by atoms with Gasteiger partial charge in [-0.15, -0.1) is 0 Å². The molecule has 0 aliphatic carbocycles. The lowest BCUT2D eigenvalue weighted by Crippen LogP contribution is -2.44. The molecule has 3 aromatic carbocycles. The first-order chi connectivity index (χ1) is 18.6. The van der Waals surface area contributed by atoms with Gasteiger partial charge in [0.05, 0.1) is 33.3 Å². The van der Waals surface area contributed by atoms with E-state index >= 15 is 0 Å². The number of ether oxygens (including phenoxy) is 1. The average molecular weight is 527 g/mol. The van der Waals surface area contributed by atoms with Gasteiger partial charge < -0.3 is 15.0 Å². The number of carbonyl (C=O) groups excluding carboxylic acids is 1. The van der Waals surface area contributed by atoms with Crippen molar-refractivity contribution >= 4 is 39.3 Å². The molecule has 0 bridgehead atoms. The molecule has 0 atom stereocenters. The summed E-state index contributed by atoms with van der Waals surface area (Å²) < 4.78 is 7.45. The van der Waals surface area contributed by atoms with E-state index in [1.165, 1.54) is 6.07 Å². The maximum atomic E-state index is 12.4. The number of benzene rings is 3. The van der Waals surface area contributed by atoms with Gasteiger partial charge in [-0.25, -0.2) is 9.78 Å². The van der Waals surface area contributed by atoms with Crippen LogP contribution in [0.3, 0.4) is 0 Å². The van der Waals surface area contributed by atoms with Gasteiger partial charge in [-0.1, -0.05) is 24.3 Å².